The van der Waals surface area contributed by atoms with Crippen LogP contribution in [-0.4, -0.2) is 5.78 Å². The molecule has 0 bridgehead atoms. The second-order valence-electron chi connectivity index (χ2n) is 3.74. The van der Waals surface area contributed by atoms with Crippen molar-refractivity contribution in [3.8, 4) is 10.4 Å². The summed E-state index contributed by atoms with van der Waals surface area (Å²) >= 11 is 5.02. The van der Waals surface area contributed by atoms with Crippen molar-refractivity contribution in [1.82, 2.24) is 0 Å². The van der Waals surface area contributed by atoms with Crippen LogP contribution in [0.1, 0.15) is 22.2 Å². The quantitative estimate of drug-likeness (QED) is 0.735. The first-order chi connectivity index (χ1) is 7.56. The van der Waals surface area contributed by atoms with Crippen LogP contribution in [0.15, 0.2) is 34.8 Å². The van der Waals surface area contributed by atoms with Gasteiger partial charge in [-0.15, -0.1) is 11.3 Å². The minimum Gasteiger partial charge on any atom is -0.294 e. The molecule has 0 N–H and O–H groups in total. The third-order valence-electron chi connectivity index (χ3n) is 2.28. The van der Waals surface area contributed by atoms with Crippen LogP contribution < -0.4 is 0 Å². The van der Waals surface area contributed by atoms with Crippen molar-refractivity contribution in [1.29, 1.82) is 0 Å². The highest BCUT2D eigenvalue weighted by atomic mass is 79.9. The lowest BCUT2D eigenvalue weighted by molar-refractivity contribution is 0.102. The Morgan fingerprint density at radius 3 is 2.56 bits per heavy atom. The molecule has 0 amide bonds. The highest BCUT2D eigenvalue weighted by molar-refractivity contribution is 9.10. The average molecular weight is 295 g/mol. The molecule has 1 nitrogen and oxygen atoms in total. The number of Topliss-reactive ketones (excluding diaryl/α,β-unsaturated/α-hetero) is 1. The van der Waals surface area contributed by atoms with Crippen LogP contribution in [0, 0.1) is 6.92 Å². The molecule has 0 unspecified atom stereocenters. The van der Waals surface area contributed by atoms with Crippen LogP contribution in [0.4, 0.5) is 0 Å². The lowest BCUT2D eigenvalue weighted by Gasteiger charge is -2.01. The highest BCUT2D eigenvalue weighted by Crippen LogP contribution is 2.31. The van der Waals surface area contributed by atoms with Gasteiger partial charge in [-0.3, -0.25) is 4.79 Å². The number of rotatable bonds is 2. The van der Waals surface area contributed by atoms with Gasteiger partial charge in [-0.25, -0.2) is 0 Å². The van der Waals surface area contributed by atoms with Gasteiger partial charge in [0.2, 0.25) is 0 Å². The standard InChI is InChI=1S/C13H11BrOS/c1-8-5-10(7-11(14)6-8)13-4-3-12(16-13)9(2)15/h3-7H,1-2H3. The molecule has 0 saturated heterocycles. The lowest BCUT2D eigenvalue weighted by atomic mass is 10.1. The highest BCUT2D eigenvalue weighted by Gasteiger charge is 2.06. The predicted molar refractivity (Wildman–Crippen MR) is 72.2 cm³/mol. The molecular formula is C13H11BrOS. The van der Waals surface area contributed by atoms with Crippen LogP contribution >= 0.6 is 27.3 Å². The second-order valence-corrected chi connectivity index (χ2v) is 5.74. The summed E-state index contributed by atoms with van der Waals surface area (Å²) in [6.07, 6.45) is 0. The number of thiophene rings is 1. The van der Waals surface area contributed by atoms with Crippen LogP contribution in [0.25, 0.3) is 10.4 Å². The van der Waals surface area contributed by atoms with Gasteiger partial charge in [0, 0.05) is 9.35 Å². The molecular weight excluding hydrogens is 284 g/mol. The van der Waals surface area contributed by atoms with E-state index in [0.29, 0.717) is 0 Å². The minimum atomic E-state index is 0.128. The maximum atomic E-state index is 11.2. The second kappa shape index (κ2) is 4.52. The van der Waals surface area contributed by atoms with Gasteiger partial charge in [0.05, 0.1) is 4.88 Å². The first kappa shape index (κ1) is 11.6. The van der Waals surface area contributed by atoms with E-state index >= 15 is 0 Å². The van der Waals surface area contributed by atoms with E-state index in [9.17, 15) is 4.79 Å². The maximum absolute atomic E-state index is 11.2. The fourth-order valence-corrected chi connectivity index (χ4v) is 3.06. The van der Waals surface area contributed by atoms with Gasteiger partial charge < -0.3 is 0 Å². The number of ketones is 1. The van der Waals surface area contributed by atoms with E-state index in [1.165, 1.54) is 5.56 Å². The largest absolute Gasteiger partial charge is 0.294 e. The van der Waals surface area contributed by atoms with E-state index in [1.807, 2.05) is 12.1 Å². The number of hydrogen-bond donors (Lipinski definition) is 0. The third-order valence-corrected chi connectivity index (χ3v) is 3.97. The molecule has 0 spiro atoms. The van der Waals surface area contributed by atoms with Gasteiger partial charge in [0.1, 0.15) is 0 Å². The summed E-state index contributed by atoms with van der Waals surface area (Å²) in [5.41, 5.74) is 2.37. The Balaban J connectivity index is 2.46. The van der Waals surface area contributed by atoms with Gasteiger partial charge in [-0.1, -0.05) is 22.0 Å². The molecule has 16 heavy (non-hydrogen) atoms. The SMILES string of the molecule is CC(=O)c1ccc(-c2cc(C)cc(Br)c2)s1. The van der Waals surface area contributed by atoms with E-state index < -0.39 is 0 Å². The van der Waals surface area contributed by atoms with Crippen LogP contribution in [-0.2, 0) is 0 Å². The number of carbonyl (C=O) groups excluding carboxylic acids is 1. The molecule has 2 aromatic rings. The molecule has 0 aliphatic carbocycles. The average Bonchev–Trinajstić information content (AvgIpc) is 2.64. The molecule has 0 fully saturated rings. The Labute approximate surface area is 107 Å². The molecule has 82 valence electrons. The number of aryl methyl sites for hydroxylation is 1. The van der Waals surface area contributed by atoms with Crippen LogP contribution in [0.5, 0.6) is 0 Å². The molecule has 0 atom stereocenters. The zero-order valence-electron chi connectivity index (χ0n) is 9.08. The van der Waals surface area contributed by atoms with E-state index in [0.717, 1.165) is 19.8 Å². The van der Waals surface area contributed by atoms with Crippen LogP contribution in [0.2, 0.25) is 0 Å². The normalized spacial score (nSPS) is 10.4. The number of halogens is 1. The molecule has 0 saturated carbocycles. The zero-order chi connectivity index (χ0) is 11.7. The molecule has 2 rings (SSSR count). The van der Waals surface area contributed by atoms with E-state index in [4.69, 9.17) is 0 Å². The molecule has 0 aliphatic heterocycles. The zero-order valence-corrected chi connectivity index (χ0v) is 11.5. The predicted octanol–water partition coefficient (Wildman–Crippen LogP) is 4.69. The fraction of sp³-hybridized carbons (Fsp3) is 0.154. The Morgan fingerprint density at radius 2 is 2.00 bits per heavy atom. The molecule has 3 heteroatoms. The van der Waals surface area contributed by atoms with Crippen molar-refractivity contribution in [2.45, 2.75) is 13.8 Å². The van der Waals surface area contributed by atoms with E-state index in [2.05, 4.69) is 41.1 Å². The van der Waals surface area contributed by atoms with Crippen molar-refractivity contribution in [3.05, 3.63) is 45.2 Å². The molecule has 0 radical (unpaired) electrons. The summed E-state index contributed by atoms with van der Waals surface area (Å²) in [6, 6.07) is 10.2. The Hall–Kier alpha value is -0.930. The smallest absolute Gasteiger partial charge is 0.169 e. The van der Waals surface area contributed by atoms with Crippen molar-refractivity contribution in [2.75, 3.05) is 0 Å². The Morgan fingerprint density at radius 1 is 1.25 bits per heavy atom. The lowest BCUT2D eigenvalue weighted by Crippen LogP contribution is -1.83. The maximum Gasteiger partial charge on any atom is 0.169 e. The summed E-state index contributed by atoms with van der Waals surface area (Å²) in [5, 5.41) is 0. The summed E-state index contributed by atoms with van der Waals surface area (Å²) in [6.45, 7) is 3.66. The third kappa shape index (κ3) is 2.42. The number of hydrogen-bond acceptors (Lipinski definition) is 2. The van der Waals surface area contributed by atoms with E-state index in [1.54, 1.807) is 18.3 Å². The summed E-state index contributed by atoms with van der Waals surface area (Å²) in [7, 11) is 0. The molecule has 0 aliphatic rings. The van der Waals surface area contributed by atoms with Gasteiger partial charge in [-0.2, -0.15) is 0 Å². The number of carbonyl (C=O) groups is 1. The van der Waals surface area contributed by atoms with Crippen LogP contribution in [0.3, 0.4) is 0 Å². The topological polar surface area (TPSA) is 17.1 Å². The minimum absolute atomic E-state index is 0.128. The van der Waals surface area contributed by atoms with Crippen molar-refractivity contribution < 1.29 is 4.79 Å². The van der Waals surface area contributed by atoms with Crippen molar-refractivity contribution in [2.24, 2.45) is 0 Å². The summed E-state index contributed by atoms with van der Waals surface area (Å²) < 4.78 is 1.07. The monoisotopic (exact) mass is 294 g/mol. The summed E-state index contributed by atoms with van der Waals surface area (Å²) in [5.74, 6) is 0.128. The molecule has 1 aromatic heterocycles. The van der Waals surface area contributed by atoms with Crippen molar-refractivity contribution in [3.63, 3.8) is 0 Å². The molecule has 1 heterocycles. The first-order valence-corrected chi connectivity index (χ1v) is 6.55. The number of benzene rings is 1. The fourth-order valence-electron chi connectivity index (χ4n) is 1.56. The van der Waals surface area contributed by atoms with Gasteiger partial charge in [0.25, 0.3) is 0 Å². The first-order valence-electron chi connectivity index (χ1n) is 4.94. The van der Waals surface area contributed by atoms with Gasteiger partial charge in [-0.05, 0) is 49.2 Å². The van der Waals surface area contributed by atoms with Gasteiger partial charge in [0.15, 0.2) is 5.78 Å². The molecule has 1 aromatic carbocycles. The Bertz CT molecular complexity index is 522. The summed E-state index contributed by atoms with van der Waals surface area (Å²) in [4.78, 5) is 13.2. The van der Waals surface area contributed by atoms with Gasteiger partial charge >= 0.3 is 0 Å². The van der Waals surface area contributed by atoms with Crippen molar-refractivity contribution >= 4 is 33.0 Å². The van der Waals surface area contributed by atoms with E-state index in [-0.39, 0.29) is 5.78 Å². The Kier molecular flexibility index (Phi) is 3.26.